The summed E-state index contributed by atoms with van der Waals surface area (Å²) in [5, 5.41) is 2.02. The molecule has 172 valence electrons. The van der Waals surface area contributed by atoms with Gasteiger partial charge in [0, 0.05) is 18.1 Å². The molecule has 0 aromatic heterocycles. The van der Waals surface area contributed by atoms with E-state index in [0.29, 0.717) is 23.3 Å². The zero-order valence-corrected chi connectivity index (χ0v) is 19.3. The third-order valence-corrected chi connectivity index (χ3v) is 5.04. The van der Waals surface area contributed by atoms with Crippen LogP contribution in [0.15, 0.2) is 91.0 Å². The molecule has 0 fully saturated rings. The summed E-state index contributed by atoms with van der Waals surface area (Å²) in [6.45, 7) is 10.6. The first-order valence-corrected chi connectivity index (χ1v) is 10.7. The number of Topliss-reactive ketones (excluding diaryl/α,β-unsaturated/α-hetero) is 1. The van der Waals surface area contributed by atoms with Gasteiger partial charge in [-0.3, -0.25) is 4.79 Å². The normalized spacial score (nSPS) is 10.8. The Morgan fingerprint density at radius 1 is 0.824 bits per heavy atom. The lowest BCUT2D eigenvalue weighted by atomic mass is 10.00. The fraction of sp³-hybridized carbons (Fsp3) is 0.138. The zero-order chi connectivity index (χ0) is 24.7. The van der Waals surface area contributed by atoms with Gasteiger partial charge in [0.05, 0.1) is 0 Å². The molecule has 0 radical (unpaired) electrons. The highest BCUT2D eigenvalue weighted by Gasteiger charge is 2.07. The van der Waals surface area contributed by atoms with Crippen molar-refractivity contribution < 1.29 is 23.9 Å². The molecule has 0 bridgehead atoms. The van der Waals surface area contributed by atoms with Gasteiger partial charge >= 0.3 is 11.9 Å². The highest BCUT2D eigenvalue weighted by Crippen LogP contribution is 2.20. The van der Waals surface area contributed by atoms with Crippen LogP contribution in [0.5, 0.6) is 5.75 Å². The topological polar surface area (TPSA) is 69.7 Å². The molecule has 0 heterocycles. The average molecular weight is 455 g/mol. The van der Waals surface area contributed by atoms with Gasteiger partial charge < -0.3 is 9.47 Å². The molecule has 3 rings (SSSR count). The van der Waals surface area contributed by atoms with E-state index < -0.39 is 11.9 Å². The molecule has 0 aliphatic carbocycles. The molecule has 34 heavy (non-hydrogen) atoms. The Labute approximate surface area is 199 Å². The number of hydrogen-bond donors (Lipinski definition) is 0. The standard InChI is InChI=1S/C29H26O5/c1-19(2)27(30)17-23-6-11-24-15-21(5-10-25(24)16-23)9-14-28(31)34-26-12-7-22(8-13-26)18-33-29(32)20(3)4/h5-16H,1,3,17-18H2,2,4H3/b14-9+. The summed E-state index contributed by atoms with van der Waals surface area (Å²) in [6.07, 6.45) is 3.38. The van der Waals surface area contributed by atoms with E-state index in [1.165, 1.54) is 6.08 Å². The Morgan fingerprint density at radius 2 is 1.47 bits per heavy atom. The Balaban J connectivity index is 1.59. The van der Waals surface area contributed by atoms with Gasteiger partial charge in [-0.2, -0.15) is 0 Å². The van der Waals surface area contributed by atoms with E-state index in [2.05, 4.69) is 13.2 Å². The molecule has 3 aromatic carbocycles. The van der Waals surface area contributed by atoms with Crippen molar-refractivity contribution in [2.75, 3.05) is 0 Å². The number of esters is 2. The molecule has 5 nitrogen and oxygen atoms in total. The van der Waals surface area contributed by atoms with Crippen molar-refractivity contribution in [1.82, 2.24) is 0 Å². The molecule has 0 spiro atoms. The Hall–Kier alpha value is -4.25. The van der Waals surface area contributed by atoms with Crippen LogP contribution in [0.1, 0.15) is 30.5 Å². The van der Waals surface area contributed by atoms with Crippen LogP contribution in [-0.4, -0.2) is 17.7 Å². The van der Waals surface area contributed by atoms with Gasteiger partial charge in [0.1, 0.15) is 12.4 Å². The number of allylic oxidation sites excluding steroid dienone is 1. The van der Waals surface area contributed by atoms with E-state index >= 15 is 0 Å². The van der Waals surface area contributed by atoms with E-state index in [1.54, 1.807) is 44.2 Å². The van der Waals surface area contributed by atoms with Crippen LogP contribution in [0.3, 0.4) is 0 Å². The van der Waals surface area contributed by atoms with E-state index in [0.717, 1.165) is 27.5 Å². The molecule has 0 unspecified atom stereocenters. The van der Waals surface area contributed by atoms with Crippen LogP contribution in [0.25, 0.3) is 16.8 Å². The number of rotatable bonds is 9. The summed E-state index contributed by atoms with van der Waals surface area (Å²) >= 11 is 0. The third kappa shape index (κ3) is 6.87. The second kappa shape index (κ2) is 11.1. The van der Waals surface area contributed by atoms with Crippen LogP contribution < -0.4 is 4.74 Å². The quantitative estimate of drug-likeness (QED) is 0.233. The maximum Gasteiger partial charge on any atom is 0.336 e. The minimum absolute atomic E-state index is 0.0262. The Bertz CT molecular complexity index is 1300. The lowest BCUT2D eigenvalue weighted by Crippen LogP contribution is -2.05. The maximum atomic E-state index is 12.2. The average Bonchev–Trinajstić information content (AvgIpc) is 2.81. The number of benzene rings is 3. The summed E-state index contributed by atoms with van der Waals surface area (Å²) in [5.74, 6) is -0.541. The van der Waals surface area contributed by atoms with Crippen molar-refractivity contribution >= 4 is 34.6 Å². The number of ether oxygens (including phenoxy) is 2. The molecule has 0 aliphatic heterocycles. The van der Waals surface area contributed by atoms with Crippen molar-refractivity contribution in [2.45, 2.75) is 26.9 Å². The SMILES string of the molecule is C=C(C)C(=O)Cc1ccc2cc(/C=C/C(=O)Oc3ccc(COC(=O)C(=C)C)cc3)ccc2c1. The summed E-state index contributed by atoms with van der Waals surface area (Å²) in [4.78, 5) is 35.6. The van der Waals surface area contributed by atoms with E-state index in [9.17, 15) is 14.4 Å². The van der Waals surface area contributed by atoms with Gasteiger partial charge in [0.15, 0.2) is 5.78 Å². The van der Waals surface area contributed by atoms with Crippen LogP contribution >= 0.6 is 0 Å². The van der Waals surface area contributed by atoms with Crippen molar-refractivity contribution in [2.24, 2.45) is 0 Å². The second-order valence-electron chi connectivity index (χ2n) is 8.08. The maximum absolute atomic E-state index is 12.2. The first-order valence-electron chi connectivity index (χ1n) is 10.7. The molecule has 0 N–H and O–H groups in total. The molecule has 0 amide bonds. The molecular formula is C29H26O5. The minimum Gasteiger partial charge on any atom is -0.457 e. The summed E-state index contributed by atoms with van der Waals surface area (Å²) in [7, 11) is 0. The van der Waals surface area contributed by atoms with Crippen LogP contribution in [0, 0.1) is 0 Å². The highest BCUT2D eigenvalue weighted by molar-refractivity contribution is 5.96. The molecule has 3 aromatic rings. The van der Waals surface area contributed by atoms with Crippen molar-refractivity contribution in [3.05, 3.63) is 108 Å². The summed E-state index contributed by atoms with van der Waals surface area (Å²) < 4.78 is 10.4. The predicted octanol–water partition coefficient (Wildman–Crippen LogP) is 5.77. The van der Waals surface area contributed by atoms with E-state index in [1.807, 2.05) is 36.4 Å². The molecule has 0 saturated heterocycles. The minimum atomic E-state index is -0.504. The van der Waals surface area contributed by atoms with Crippen LogP contribution in [-0.2, 0) is 32.1 Å². The summed E-state index contributed by atoms with van der Waals surface area (Å²) in [5.41, 5.74) is 3.45. The second-order valence-corrected chi connectivity index (χ2v) is 8.08. The molecular weight excluding hydrogens is 428 g/mol. The first kappa shape index (κ1) is 24.4. The largest absolute Gasteiger partial charge is 0.457 e. The highest BCUT2D eigenvalue weighted by atomic mass is 16.5. The molecule has 0 aliphatic rings. The van der Waals surface area contributed by atoms with Crippen LogP contribution in [0.4, 0.5) is 0 Å². The fourth-order valence-electron chi connectivity index (χ4n) is 3.10. The van der Waals surface area contributed by atoms with Crippen LogP contribution in [0.2, 0.25) is 0 Å². The van der Waals surface area contributed by atoms with Crippen molar-refractivity contribution in [3.63, 3.8) is 0 Å². The zero-order valence-electron chi connectivity index (χ0n) is 19.3. The van der Waals surface area contributed by atoms with E-state index in [4.69, 9.17) is 9.47 Å². The first-order chi connectivity index (χ1) is 16.2. The Morgan fingerprint density at radius 3 is 2.15 bits per heavy atom. The van der Waals surface area contributed by atoms with Gasteiger partial charge in [0.25, 0.3) is 0 Å². The number of fused-ring (bicyclic) bond motifs is 1. The molecule has 5 heteroatoms. The van der Waals surface area contributed by atoms with E-state index in [-0.39, 0.29) is 12.4 Å². The van der Waals surface area contributed by atoms with Crippen molar-refractivity contribution in [3.8, 4) is 5.75 Å². The molecule has 0 saturated carbocycles. The van der Waals surface area contributed by atoms with Gasteiger partial charge in [-0.15, -0.1) is 0 Å². The number of ketones is 1. The number of carbonyl (C=O) groups excluding carboxylic acids is 3. The number of carbonyl (C=O) groups is 3. The predicted molar refractivity (Wildman–Crippen MR) is 133 cm³/mol. The third-order valence-electron chi connectivity index (χ3n) is 5.04. The lowest BCUT2D eigenvalue weighted by molar-refractivity contribution is -0.140. The Kier molecular flexibility index (Phi) is 7.93. The van der Waals surface area contributed by atoms with Gasteiger partial charge in [-0.05, 0) is 71.2 Å². The lowest BCUT2D eigenvalue weighted by Gasteiger charge is -2.06. The smallest absolute Gasteiger partial charge is 0.336 e. The van der Waals surface area contributed by atoms with Crippen molar-refractivity contribution in [1.29, 1.82) is 0 Å². The number of hydrogen-bond acceptors (Lipinski definition) is 5. The van der Waals surface area contributed by atoms with Gasteiger partial charge in [0.2, 0.25) is 0 Å². The molecule has 0 atom stereocenters. The fourth-order valence-corrected chi connectivity index (χ4v) is 3.10. The van der Waals surface area contributed by atoms with Gasteiger partial charge in [-0.1, -0.05) is 55.6 Å². The summed E-state index contributed by atoms with van der Waals surface area (Å²) in [6, 6.07) is 18.4. The van der Waals surface area contributed by atoms with Gasteiger partial charge in [-0.25, -0.2) is 9.59 Å². The monoisotopic (exact) mass is 454 g/mol.